The quantitative estimate of drug-likeness (QED) is 0.489. The van der Waals surface area contributed by atoms with Gasteiger partial charge in [0.2, 0.25) is 0 Å². The van der Waals surface area contributed by atoms with Crippen LogP contribution in [0.1, 0.15) is 55.7 Å². The van der Waals surface area contributed by atoms with Crippen LogP contribution in [0.4, 0.5) is 0 Å². The number of thiophene rings is 1. The topological polar surface area (TPSA) is 36.4 Å². The summed E-state index contributed by atoms with van der Waals surface area (Å²) in [6.07, 6.45) is 10.9. The average molecular weight is 433 g/mol. The lowest BCUT2D eigenvalue weighted by atomic mass is 9.85. The molecular weight excluding hydrogens is 400 g/mol. The van der Waals surface area contributed by atoms with E-state index in [1.54, 1.807) is 0 Å². The van der Waals surface area contributed by atoms with Gasteiger partial charge in [-0.3, -0.25) is 9.88 Å². The monoisotopic (exact) mass is 432 g/mol. The first kappa shape index (κ1) is 20.9. The standard InChI is InChI=1S/C27H32N2OS/c30-26(21-6-1-2-7-21)24(25-10-3-4-15-28-25)13-18-29-16-11-20(12-17-29)23-9-5-8-22-14-19-31-27(22)23/h3-5,8-11,14-15,19,21,24,26,30H,1-2,6-7,12-13,16-18H2. The van der Waals surface area contributed by atoms with E-state index in [1.807, 2.05) is 23.6 Å². The molecule has 0 spiro atoms. The predicted octanol–water partition coefficient (Wildman–Crippen LogP) is 6.11. The second kappa shape index (κ2) is 9.64. The molecule has 1 aromatic carbocycles. The van der Waals surface area contributed by atoms with Crippen LogP contribution in [0.2, 0.25) is 0 Å². The van der Waals surface area contributed by atoms with Crippen molar-refractivity contribution in [2.24, 2.45) is 5.92 Å². The number of rotatable bonds is 7. The molecule has 2 aliphatic rings. The first-order chi connectivity index (χ1) is 15.3. The number of pyridine rings is 1. The molecule has 0 bridgehead atoms. The Morgan fingerprint density at radius 2 is 2.00 bits per heavy atom. The molecule has 4 heteroatoms. The second-order valence-electron chi connectivity index (χ2n) is 9.11. The maximum absolute atomic E-state index is 11.2. The highest BCUT2D eigenvalue weighted by atomic mass is 32.1. The third kappa shape index (κ3) is 4.62. The van der Waals surface area contributed by atoms with Gasteiger partial charge in [-0.1, -0.05) is 43.2 Å². The molecule has 3 nitrogen and oxygen atoms in total. The van der Waals surface area contributed by atoms with Crippen LogP contribution in [0.3, 0.4) is 0 Å². The summed E-state index contributed by atoms with van der Waals surface area (Å²) in [5.74, 6) is 0.570. The number of nitrogens with zero attached hydrogens (tertiary/aromatic N) is 2. The van der Waals surface area contributed by atoms with E-state index in [-0.39, 0.29) is 12.0 Å². The van der Waals surface area contributed by atoms with Crippen molar-refractivity contribution in [2.75, 3.05) is 19.6 Å². The highest BCUT2D eigenvalue weighted by Gasteiger charge is 2.32. The van der Waals surface area contributed by atoms with Gasteiger partial charge in [-0.05, 0) is 78.2 Å². The number of aromatic nitrogens is 1. The molecule has 0 amide bonds. The van der Waals surface area contributed by atoms with Gasteiger partial charge in [0.15, 0.2) is 0 Å². The Bertz CT molecular complexity index is 1020. The molecule has 0 radical (unpaired) electrons. The fourth-order valence-electron chi connectivity index (χ4n) is 5.44. The van der Waals surface area contributed by atoms with Crippen molar-refractivity contribution in [3.63, 3.8) is 0 Å². The van der Waals surface area contributed by atoms with Crippen LogP contribution in [0.5, 0.6) is 0 Å². The van der Waals surface area contributed by atoms with E-state index >= 15 is 0 Å². The number of hydrogen-bond donors (Lipinski definition) is 1. The molecule has 1 aliphatic heterocycles. The van der Waals surface area contributed by atoms with Crippen LogP contribution in [0, 0.1) is 5.92 Å². The van der Waals surface area contributed by atoms with Gasteiger partial charge in [0.25, 0.3) is 0 Å². The fourth-order valence-corrected chi connectivity index (χ4v) is 6.39. The Morgan fingerprint density at radius 3 is 2.77 bits per heavy atom. The van der Waals surface area contributed by atoms with E-state index < -0.39 is 0 Å². The highest BCUT2D eigenvalue weighted by Crippen LogP contribution is 2.36. The normalized spacial score (nSPS) is 20.1. The maximum atomic E-state index is 11.2. The van der Waals surface area contributed by atoms with E-state index in [2.05, 4.69) is 57.7 Å². The van der Waals surface area contributed by atoms with Gasteiger partial charge in [-0.2, -0.15) is 0 Å². The van der Waals surface area contributed by atoms with Crippen LogP contribution in [-0.4, -0.2) is 40.7 Å². The maximum Gasteiger partial charge on any atom is 0.0652 e. The Balaban J connectivity index is 1.26. The molecule has 3 heterocycles. The van der Waals surface area contributed by atoms with E-state index in [0.717, 1.165) is 51.0 Å². The third-order valence-corrected chi connectivity index (χ3v) is 8.20. The third-order valence-electron chi connectivity index (χ3n) is 7.24. The van der Waals surface area contributed by atoms with Crippen LogP contribution in [-0.2, 0) is 0 Å². The number of aliphatic hydroxyl groups excluding tert-OH is 1. The molecule has 2 atom stereocenters. The summed E-state index contributed by atoms with van der Waals surface area (Å²) in [4.78, 5) is 7.16. The Morgan fingerprint density at radius 1 is 1.10 bits per heavy atom. The molecule has 1 N–H and O–H groups in total. The lowest BCUT2D eigenvalue weighted by Gasteiger charge is -2.31. The number of aliphatic hydroxyl groups is 1. The smallest absolute Gasteiger partial charge is 0.0652 e. The van der Waals surface area contributed by atoms with Crippen molar-refractivity contribution in [3.05, 3.63) is 71.4 Å². The molecule has 0 saturated heterocycles. The van der Waals surface area contributed by atoms with Gasteiger partial charge < -0.3 is 5.11 Å². The van der Waals surface area contributed by atoms with Gasteiger partial charge in [-0.15, -0.1) is 11.3 Å². The van der Waals surface area contributed by atoms with Crippen molar-refractivity contribution in [2.45, 2.75) is 50.5 Å². The van der Waals surface area contributed by atoms with E-state index in [9.17, 15) is 5.11 Å². The van der Waals surface area contributed by atoms with Gasteiger partial charge in [0, 0.05) is 35.6 Å². The molecule has 1 saturated carbocycles. The summed E-state index contributed by atoms with van der Waals surface area (Å²) >= 11 is 1.85. The van der Waals surface area contributed by atoms with Crippen LogP contribution < -0.4 is 0 Å². The SMILES string of the molecule is OC(C1CCCC1)C(CCN1CC=C(c2cccc3ccsc23)CC1)c1ccccn1. The van der Waals surface area contributed by atoms with Crippen molar-refractivity contribution in [1.29, 1.82) is 0 Å². The lowest BCUT2D eigenvalue weighted by Crippen LogP contribution is -2.34. The molecule has 1 fully saturated rings. The summed E-state index contributed by atoms with van der Waals surface area (Å²) in [7, 11) is 0. The fraction of sp³-hybridized carbons (Fsp3) is 0.444. The zero-order chi connectivity index (χ0) is 21.0. The first-order valence-electron chi connectivity index (χ1n) is 11.8. The minimum absolute atomic E-state index is 0.134. The largest absolute Gasteiger partial charge is 0.392 e. The molecule has 162 valence electrons. The van der Waals surface area contributed by atoms with Gasteiger partial charge in [0.1, 0.15) is 0 Å². The van der Waals surface area contributed by atoms with E-state index in [0.29, 0.717) is 5.92 Å². The highest BCUT2D eigenvalue weighted by molar-refractivity contribution is 7.17. The van der Waals surface area contributed by atoms with Crippen molar-refractivity contribution in [3.8, 4) is 0 Å². The summed E-state index contributed by atoms with van der Waals surface area (Å²) < 4.78 is 1.41. The Hall–Kier alpha value is -2.01. The zero-order valence-electron chi connectivity index (χ0n) is 18.1. The molecule has 2 aromatic heterocycles. The number of benzene rings is 1. The number of hydrogen-bond acceptors (Lipinski definition) is 4. The van der Waals surface area contributed by atoms with Crippen LogP contribution >= 0.6 is 11.3 Å². The zero-order valence-corrected chi connectivity index (χ0v) is 18.9. The minimum Gasteiger partial charge on any atom is -0.392 e. The molecule has 5 rings (SSSR count). The summed E-state index contributed by atoms with van der Waals surface area (Å²) in [6, 6.07) is 15.0. The summed E-state index contributed by atoms with van der Waals surface area (Å²) in [6.45, 7) is 3.09. The van der Waals surface area contributed by atoms with E-state index in [4.69, 9.17) is 0 Å². The lowest BCUT2D eigenvalue weighted by molar-refractivity contribution is 0.0738. The van der Waals surface area contributed by atoms with Gasteiger partial charge >= 0.3 is 0 Å². The van der Waals surface area contributed by atoms with Gasteiger partial charge in [-0.25, -0.2) is 0 Å². The van der Waals surface area contributed by atoms with Gasteiger partial charge in [0.05, 0.1) is 6.10 Å². The molecule has 3 aromatic rings. The molecule has 1 aliphatic carbocycles. The second-order valence-corrected chi connectivity index (χ2v) is 10.0. The van der Waals surface area contributed by atoms with Crippen LogP contribution in [0.25, 0.3) is 15.7 Å². The molecule has 2 unspecified atom stereocenters. The summed E-state index contributed by atoms with van der Waals surface area (Å²) in [5, 5.41) is 14.7. The number of fused-ring (bicyclic) bond motifs is 1. The predicted molar refractivity (Wildman–Crippen MR) is 130 cm³/mol. The van der Waals surface area contributed by atoms with E-state index in [1.165, 1.54) is 34.1 Å². The summed E-state index contributed by atoms with van der Waals surface area (Å²) in [5.41, 5.74) is 3.95. The van der Waals surface area contributed by atoms with Crippen LogP contribution in [0.15, 0.2) is 60.1 Å². The van der Waals surface area contributed by atoms with Crippen molar-refractivity contribution >= 4 is 27.0 Å². The Labute approximate surface area is 189 Å². The first-order valence-corrected chi connectivity index (χ1v) is 12.6. The van der Waals surface area contributed by atoms with Crippen molar-refractivity contribution in [1.82, 2.24) is 9.88 Å². The average Bonchev–Trinajstić information content (AvgIpc) is 3.52. The molecule has 31 heavy (non-hydrogen) atoms. The van der Waals surface area contributed by atoms with Crippen molar-refractivity contribution < 1.29 is 5.11 Å². The molecular formula is C27H32N2OS. The Kier molecular flexibility index (Phi) is 6.49. The minimum atomic E-state index is -0.273.